The molecular weight excluding hydrogens is 158 g/mol. The fraction of sp³-hybridized carbons (Fsp3) is 0.500. The van der Waals surface area contributed by atoms with Gasteiger partial charge in [0.1, 0.15) is 0 Å². The van der Waals surface area contributed by atoms with Crippen LogP contribution in [0, 0.1) is 6.92 Å². The Morgan fingerprint density at radius 3 is 2.85 bits per heavy atom. The highest BCUT2D eigenvalue weighted by molar-refractivity contribution is 5.48. The van der Waals surface area contributed by atoms with Crippen molar-refractivity contribution in [1.82, 2.24) is 0 Å². The van der Waals surface area contributed by atoms with Gasteiger partial charge < -0.3 is 5.73 Å². The number of aryl methyl sites for hydroxylation is 1. The highest BCUT2D eigenvalue weighted by Crippen LogP contribution is 2.53. The number of fused-ring (bicyclic) bond motifs is 1. The molecule has 0 amide bonds. The van der Waals surface area contributed by atoms with Crippen molar-refractivity contribution >= 4 is 0 Å². The van der Waals surface area contributed by atoms with Crippen LogP contribution in [0.4, 0.5) is 0 Å². The number of benzene rings is 1. The van der Waals surface area contributed by atoms with Crippen molar-refractivity contribution in [2.75, 3.05) is 0 Å². The van der Waals surface area contributed by atoms with Gasteiger partial charge in [-0.1, -0.05) is 18.2 Å². The predicted octanol–water partition coefficient (Wildman–Crippen LogP) is 2.13. The van der Waals surface area contributed by atoms with E-state index in [0.29, 0.717) is 5.92 Å². The first kappa shape index (κ1) is 7.57. The van der Waals surface area contributed by atoms with Crippen molar-refractivity contribution in [2.24, 2.45) is 5.73 Å². The van der Waals surface area contributed by atoms with E-state index in [9.17, 15) is 0 Å². The zero-order chi connectivity index (χ0) is 9.05. The minimum Gasteiger partial charge on any atom is -0.325 e. The lowest BCUT2D eigenvalue weighted by Crippen LogP contribution is -2.38. The highest BCUT2D eigenvalue weighted by Gasteiger charge is 2.50. The molecule has 68 valence electrons. The minimum absolute atomic E-state index is 0.181. The second-order valence-corrected chi connectivity index (χ2v) is 4.63. The molecule has 0 aliphatic heterocycles. The third-order valence-corrected chi connectivity index (χ3v) is 3.75. The Kier molecular flexibility index (Phi) is 1.26. The molecule has 2 aliphatic rings. The zero-order valence-electron chi connectivity index (χ0n) is 8.01. The Morgan fingerprint density at radius 2 is 2.15 bits per heavy atom. The highest BCUT2D eigenvalue weighted by atomic mass is 14.8. The van der Waals surface area contributed by atoms with Crippen LogP contribution in [0.25, 0.3) is 0 Å². The van der Waals surface area contributed by atoms with Crippen molar-refractivity contribution < 1.29 is 0 Å². The monoisotopic (exact) mass is 173 g/mol. The van der Waals surface area contributed by atoms with Gasteiger partial charge in [-0.15, -0.1) is 0 Å². The van der Waals surface area contributed by atoms with Crippen LogP contribution in [-0.2, 0) is 6.42 Å². The first-order chi connectivity index (χ1) is 6.21. The molecule has 3 rings (SSSR count). The molecule has 1 unspecified atom stereocenters. The SMILES string of the molecule is Cc1cccc2c1CC2C1(N)CC1. The molecule has 2 aliphatic carbocycles. The topological polar surface area (TPSA) is 26.0 Å². The Labute approximate surface area is 78.9 Å². The van der Waals surface area contributed by atoms with Crippen molar-refractivity contribution in [1.29, 1.82) is 0 Å². The summed E-state index contributed by atoms with van der Waals surface area (Å²) >= 11 is 0. The van der Waals surface area contributed by atoms with Crippen LogP contribution in [0.2, 0.25) is 0 Å². The minimum atomic E-state index is 0.181. The molecule has 0 saturated heterocycles. The lowest BCUT2D eigenvalue weighted by atomic mass is 9.70. The molecule has 0 heterocycles. The first-order valence-corrected chi connectivity index (χ1v) is 5.08. The van der Waals surface area contributed by atoms with Gasteiger partial charge in [-0.3, -0.25) is 0 Å². The predicted molar refractivity (Wildman–Crippen MR) is 53.8 cm³/mol. The summed E-state index contributed by atoms with van der Waals surface area (Å²) in [6, 6.07) is 6.61. The van der Waals surface area contributed by atoms with Crippen molar-refractivity contribution in [3.8, 4) is 0 Å². The largest absolute Gasteiger partial charge is 0.325 e. The number of hydrogen-bond donors (Lipinski definition) is 1. The average Bonchev–Trinajstić information content (AvgIpc) is 2.74. The third kappa shape index (κ3) is 0.910. The van der Waals surface area contributed by atoms with Crippen LogP contribution < -0.4 is 5.73 Å². The van der Waals surface area contributed by atoms with E-state index in [1.54, 1.807) is 5.56 Å². The maximum Gasteiger partial charge on any atom is 0.0228 e. The summed E-state index contributed by atoms with van der Waals surface area (Å²) in [4.78, 5) is 0. The van der Waals surface area contributed by atoms with Crippen molar-refractivity contribution in [3.05, 3.63) is 34.9 Å². The smallest absolute Gasteiger partial charge is 0.0228 e. The Hall–Kier alpha value is -0.820. The lowest BCUT2D eigenvalue weighted by Gasteiger charge is -2.36. The summed E-state index contributed by atoms with van der Waals surface area (Å²) in [5, 5.41) is 0. The van der Waals surface area contributed by atoms with Crippen molar-refractivity contribution in [3.63, 3.8) is 0 Å². The second-order valence-electron chi connectivity index (χ2n) is 4.63. The van der Waals surface area contributed by atoms with Crippen LogP contribution >= 0.6 is 0 Å². The van der Waals surface area contributed by atoms with Crippen LogP contribution in [0.15, 0.2) is 18.2 Å². The van der Waals surface area contributed by atoms with Crippen LogP contribution in [-0.4, -0.2) is 5.54 Å². The molecule has 1 aromatic rings. The summed E-state index contributed by atoms with van der Waals surface area (Å²) < 4.78 is 0. The van der Waals surface area contributed by atoms with Gasteiger partial charge in [0.15, 0.2) is 0 Å². The van der Waals surface area contributed by atoms with Gasteiger partial charge >= 0.3 is 0 Å². The molecule has 13 heavy (non-hydrogen) atoms. The van der Waals surface area contributed by atoms with E-state index in [-0.39, 0.29) is 5.54 Å². The van der Waals surface area contributed by atoms with Gasteiger partial charge in [-0.25, -0.2) is 0 Å². The maximum atomic E-state index is 6.22. The van der Waals surface area contributed by atoms with Crippen LogP contribution in [0.5, 0.6) is 0 Å². The molecule has 2 N–H and O–H groups in total. The number of nitrogens with two attached hydrogens (primary N) is 1. The van der Waals surface area contributed by atoms with E-state index < -0.39 is 0 Å². The second kappa shape index (κ2) is 2.16. The summed E-state index contributed by atoms with van der Waals surface area (Å²) in [6.07, 6.45) is 3.68. The third-order valence-electron chi connectivity index (χ3n) is 3.75. The maximum absolute atomic E-state index is 6.22. The van der Waals surface area contributed by atoms with Gasteiger partial charge in [0.25, 0.3) is 0 Å². The Balaban J connectivity index is 2.01. The van der Waals surface area contributed by atoms with E-state index in [1.165, 1.54) is 30.4 Å². The van der Waals surface area contributed by atoms with Gasteiger partial charge in [-0.2, -0.15) is 0 Å². The Bertz CT molecular complexity index is 363. The molecule has 1 saturated carbocycles. The molecular formula is C12H15N. The number of hydrogen-bond acceptors (Lipinski definition) is 1. The summed E-state index contributed by atoms with van der Waals surface area (Å²) in [5.41, 5.74) is 10.9. The lowest BCUT2D eigenvalue weighted by molar-refractivity contribution is 0.467. The van der Waals surface area contributed by atoms with E-state index in [4.69, 9.17) is 5.73 Å². The molecule has 1 fully saturated rings. The van der Waals surface area contributed by atoms with Gasteiger partial charge in [-0.05, 0) is 42.9 Å². The van der Waals surface area contributed by atoms with Crippen LogP contribution in [0.1, 0.15) is 35.4 Å². The van der Waals surface area contributed by atoms with E-state index >= 15 is 0 Å². The van der Waals surface area contributed by atoms with Gasteiger partial charge in [0.05, 0.1) is 0 Å². The molecule has 1 nitrogen and oxygen atoms in total. The fourth-order valence-electron chi connectivity index (χ4n) is 2.52. The molecule has 0 radical (unpaired) electrons. The van der Waals surface area contributed by atoms with E-state index in [1.807, 2.05) is 0 Å². The molecule has 1 heteroatoms. The summed E-state index contributed by atoms with van der Waals surface area (Å²) in [5.74, 6) is 0.669. The molecule has 1 atom stereocenters. The molecule has 1 aromatic carbocycles. The average molecular weight is 173 g/mol. The Morgan fingerprint density at radius 1 is 1.38 bits per heavy atom. The summed E-state index contributed by atoms with van der Waals surface area (Å²) in [7, 11) is 0. The summed E-state index contributed by atoms with van der Waals surface area (Å²) in [6.45, 7) is 2.20. The van der Waals surface area contributed by atoms with Gasteiger partial charge in [0.2, 0.25) is 0 Å². The standard InChI is InChI=1S/C12H15N/c1-8-3-2-4-9-10(8)7-11(9)12(13)5-6-12/h2-4,11H,5-7,13H2,1H3. The van der Waals surface area contributed by atoms with E-state index in [2.05, 4.69) is 25.1 Å². The molecule has 0 spiro atoms. The zero-order valence-corrected chi connectivity index (χ0v) is 8.01. The quantitative estimate of drug-likeness (QED) is 0.691. The normalized spacial score (nSPS) is 27.7. The number of rotatable bonds is 1. The molecule has 0 aromatic heterocycles. The van der Waals surface area contributed by atoms with E-state index in [0.717, 1.165) is 0 Å². The van der Waals surface area contributed by atoms with Gasteiger partial charge in [0, 0.05) is 11.5 Å². The fourth-order valence-corrected chi connectivity index (χ4v) is 2.52. The first-order valence-electron chi connectivity index (χ1n) is 5.08. The van der Waals surface area contributed by atoms with Crippen molar-refractivity contribution in [2.45, 2.75) is 37.6 Å². The molecule has 0 bridgehead atoms. The van der Waals surface area contributed by atoms with Crippen LogP contribution in [0.3, 0.4) is 0 Å².